The normalized spacial score (nSPS) is 22.8. The Morgan fingerprint density at radius 3 is 2.52 bits per heavy atom. The lowest BCUT2D eigenvalue weighted by atomic mass is 9.93. The van der Waals surface area contributed by atoms with Gasteiger partial charge in [0.25, 0.3) is 0 Å². The summed E-state index contributed by atoms with van der Waals surface area (Å²) in [6.45, 7) is 6.11. The largest absolute Gasteiger partial charge is 0.490 e. The Balaban J connectivity index is 1.37. The number of nitrogens with zero attached hydrogens (tertiary/aromatic N) is 2. The average Bonchev–Trinajstić information content (AvgIpc) is 2.62. The molecule has 2 fully saturated rings. The van der Waals surface area contributed by atoms with E-state index in [0.717, 1.165) is 44.6 Å². The van der Waals surface area contributed by atoms with Crippen LogP contribution in [-0.4, -0.2) is 55.0 Å². The Hall–Kier alpha value is -1.55. The number of hydrogen-bond acceptors (Lipinski definition) is 3. The predicted octanol–water partition coefficient (Wildman–Crippen LogP) is 3.49. The lowest BCUT2D eigenvalue weighted by Gasteiger charge is -2.33. The lowest BCUT2D eigenvalue weighted by Crippen LogP contribution is -2.42. The van der Waals surface area contributed by atoms with Gasteiger partial charge in [0.1, 0.15) is 11.9 Å². The van der Waals surface area contributed by atoms with E-state index in [1.807, 2.05) is 17.0 Å². The van der Waals surface area contributed by atoms with Crippen LogP contribution in [0.25, 0.3) is 0 Å². The molecule has 4 nitrogen and oxygen atoms in total. The van der Waals surface area contributed by atoms with Crippen molar-refractivity contribution in [3.05, 3.63) is 29.8 Å². The number of carbonyl (C=O) groups excluding carboxylic acids is 1. The molecule has 1 aromatic carbocycles. The SMILES string of the molecule is Cc1ccc(OC2CCN(C(=O)CC[C@H]3CCCN(C)C3)CC2)cc1. The van der Waals surface area contributed by atoms with Gasteiger partial charge >= 0.3 is 0 Å². The zero-order chi connectivity index (χ0) is 17.6. The number of carbonyl (C=O) groups is 1. The topological polar surface area (TPSA) is 32.8 Å². The molecule has 0 bridgehead atoms. The van der Waals surface area contributed by atoms with E-state index in [9.17, 15) is 4.79 Å². The van der Waals surface area contributed by atoms with E-state index in [1.165, 1.54) is 24.9 Å². The van der Waals surface area contributed by atoms with E-state index in [0.29, 0.717) is 18.2 Å². The smallest absolute Gasteiger partial charge is 0.222 e. The molecule has 1 atom stereocenters. The summed E-state index contributed by atoms with van der Waals surface area (Å²) in [5.74, 6) is 1.98. The molecule has 1 aromatic rings. The van der Waals surface area contributed by atoms with Crippen molar-refractivity contribution < 1.29 is 9.53 Å². The summed E-state index contributed by atoms with van der Waals surface area (Å²) in [7, 11) is 2.19. The fourth-order valence-corrected chi connectivity index (χ4v) is 4.03. The maximum atomic E-state index is 12.5. The minimum atomic E-state index is 0.235. The number of aryl methyl sites for hydroxylation is 1. The van der Waals surface area contributed by atoms with Gasteiger partial charge in [-0.1, -0.05) is 17.7 Å². The van der Waals surface area contributed by atoms with Gasteiger partial charge in [-0.3, -0.25) is 4.79 Å². The van der Waals surface area contributed by atoms with Crippen LogP contribution in [0.1, 0.15) is 44.1 Å². The minimum absolute atomic E-state index is 0.235. The van der Waals surface area contributed by atoms with E-state index >= 15 is 0 Å². The molecule has 25 heavy (non-hydrogen) atoms. The highest BCUT2D eigenvalue weighted by molar-refractivity contribution is 5.76. The molecule has 0 radical (unpaired) electrons. The minimum Gasteiger partial charge on any atom is -0.490 e. The van der Waals surface area contributed by atoms with Crippen molar-refractivity contribution in [1.82, 2.24) is 9.80 Å². The van der Waals surface area contributed by atoms with E-state index in [-0.39, 0.29) is 6.10 Å². The van der Waals surface area contributed by atoms with Crippen LogP contribution >= 0.6 is 0 Å². The van der Waals surface area contributed by atoms with Crippen LogP contribution in [0.2, 0.25) is 0 Å². The van der Waals surface area contributed by atoms with Crippen LogP contribution in [0.3, 0.4) is 0 Å². The molecule has 2 aliphatic rings. The van der Waals surface area contributed by atoms with Crippen molar-refractivity contribution in [3.63, 3.8) is 0 Å². The molecule has 138 valence electrons. The van der Waals surface area contributed by atoms with Crippen LogP contribution in [0.4, 0.5) is 0 Å². The highest BCUT2D eigenvalue weighted by Crippen LogP contribution is 2.23. The first-order valence-electron chi connectivity index (χ1n) is 9.80. The molecule has 3 rings (SSSR count). The first kappa shape index (κ1) is 18.2. The fraction of sp³-hybridized carbons (Fsp3) is 0.667. The third kappa shape index (κ3) is 5.46. The Bertz CT molecular complexity index is 550. The number of amides is 1. The quantitative estimate of drug-likeness (QED) is 0.820. The molecular weight excluding hydrogens is 312 g/mol. The average molecular weight is 344 g/mol. The zero-order valence-electron chi connectivity index (χ0n) is 15.7. The van der Waals surface area contributed by atoms with Gasteiger partial charge < -0.3 is 14.5 Å². The van der Waals surface area contributed by atoms with Crippen LogP contribution in [0.5, 0.6) is 5.75 Å². The van der Waals surface area contributed by atoms with Crippen molar-refractivity contribution in [2.75, 3.05) is 33.2 Å². The van der Waals surface area contributed by atoms with Gasteiger partial charge in [0.15, 0.2) is 0 Å². The maximum Gasteiger partial charge on any atom is 0.222 e. The summed E-state index contributed by atoms with van der Waals surface area (Å²) in [5, 5.41) is 0. The molecule has 0 aromatic heterocycles. The van der Waals surface area contributed by atoms with E-state index < -0.39 is 0 Å². The van der Waals surface area contributed by atoms with E-state index in [4.69, 9.17) is 4.74 Å². The Morgan fingerprint density at radius 1 is 1.12 bits per heavy atom. The Morgan fingerprint density at radius 2 is 1.84 bits per heavy atom. The molecule has 4 heteroatoms. The van der Waals surface area contributed by atoms with Gasteiger partial charge in [-0.05, 0) is 57.8 Å². The van der Waals surface area contributed by atoms with Gasteiger partial charge in [-0.15, -0.1) is 0 Å². The summed E-state index contributed by atoms with van der Waals surface area (Å²) in [4.78, 5) is 16.9. The highest BCUT2D eigenvalue weighted by atomic mass is 16.5. The Kier molecular flexibility index (Phi) is 6.35. The molecule has 0 unspecified atom stereocenters. The second-order valence-electron chi connectivity index (χ2n) is 7.82. The number of hydrogen-bond donors (Lipinski definition) is 0. The van der Waals surface area contributed by atoms with Gasteiger partial charge in [-0.2, -0.15) is 0 Å². The number of rotatable bonds is 5. The maximum absolute atomic E-state index is 12.5. The number of piperidine rings is 2. The van der Waals surface area contributed by atoms with Crippen molar-refractivity contribution in [3.8, 4) is 5.75 Å². The van der Waals surface area contributed by atoms with E-state index in [2.05, 4.69) is 31.0 Å². The second-order valence-corrected chi connectivity index (χ2v) is 7.82. The molecule has 2 heterocycles. The second kappa shape index (κ2) is 8.70. The van der Waals surface area contributed by atoms with E-state index in [1.54, 1.807) is 0 Å². The molecule has 0 spiro atoms. The molecule has 0 N–H and O–H groups in total. The van der Waals surface area contributed by atoms with Gasteiger partial charge in [0, 0.05) is 38.9 Å². The summed E-state index contributed by atoms with van der Waals surface area (Å²) in [6.07, 6.45) is 6.42. The monoisotopic (exact) mass is 344 g/mol. The number of ether oxygens (including phenoxy) is 1. The van der Waals surface area contributed by atoms with Gasteiger partial charge in [0.2, 0.25) is 5.91 Å². The van der Waals surface area contributed by atoms with Gasteiger partial charge in [0.05, 0.1) is 0 Å². The van der Waals surface area contributed by atoms with Crippen molar-refractivity contribution >= 4 is 5.91 Å². The Labute approximate surface area is 152 Å². The molecule has 1 amide bonds. The first-order valence-corrected chi connectivity index (χ1v) is 9.80. The third-order valence-corrected chi connectivity index (χ3v) is 5.61. The number of benzene rings is 1. The predicted molar refractivity (Wildman–Crippen MR) is 101 cm³/mol. The molecule has 2 saturated heterocycles. The summed E-state index contributed by atoms with van der Waals surface area (Å²) < 4.78 is 6.06. The van der Waals surface area contributed by atoms with Crippen LogP contribution in [0.15, 0.2) is 24.3 Å². The third-order valence-electron chi connectivity index (χ3n) is 5.61. The summed E-state index contributed by atoms with van der Waals surface area (Å²) in [5.41, 5.74) is 1.25. The molecule has 0 saturated carbocycles. The lowest BCUT2D eigenvalue weighted by molar-refractivity contribution is -0.133. The van der Waals surface area contributed by atoms with Crippen LogP contribution in [0, 0.1) is 12.8 Å². The van der Waals surface area contributed by atoms with Crippen LogP contribution < -0.4 is 4.74 Å². The molecular formula is C21H32N2O2. The molecule has 2 aliphatic heterocycles. The number of likely N-dealkylation sites (tertiary alicyclic amines) is 2. The fourth-order valence-electron chi connectivity index (χ4n) is 4.03. The first-order chi connectivity index (χ1) is 12.1. The highest BCUT2D eigenvalue weighted by Gasteiger charge is 2.25. The molecule has 0 aliphatic carbocycles. The van der Waals surface area contributed by atoms with Crippen molar-refractivity contribution in [2.45, 2.75) is 51.6 Å². The van der Waals surface area contributed by atoms with Crippen molar-refractivity contribution in [1.29, 1.82) is 0 Å². The summed E-state index contributed by atoms with van der Waals surface area (Å²) >= 11 is 0. The van der Waals surface area contributed by atoms with Crippen LogP contribution in [-0.2, 0) is 4.79 Å². The summed E-state index contributed by atoms with van der Waals surface area (Å²) in [6, 6.07) is 8.23. The zero-order valence-corrected chi connectivity index (χ0v) is 15.7. The van der Waals surface area contributed by atoms with Crippen molar-refractivity contribution in [2.24, 2.45) is 5.92 Å². The van der Waals surface area contributed by atoms with Gasteiger partial charge in [-0.25, -0.2) is 0 Å². The standard InChI is InChI=1S/C21H32N2O2/c1-17-5-8-19(9-6-17)25-20-11-14-23(15-12-20)21(24)10-7-18-4-3-13-22(2)16-18/h5-6,8-9,18,20H,3-4,7,10-16H2,1-2H3/t18-/m1/s1.